The number of methoxy groups -OCH3 is 1. The van der Waals surface area contributed by atoms with E-state index in [9.17, 15) is 39.6 Å². The van der Waals surface area contributed by atoms with Gasteiger partial charge in [-0.05, 0) is 81.1 Å². The monoisotopic (exact) mass is 750 g/mol. The number of hydrogen-bond acceptors (Lipinski definition) is 13. The van der Waals surface area contributed by atoms with E-state index < -0.39 is 85.6 Å². The Morgan fingerprint density at radius 3 is 2.42 bits per heavy atom. The van der Waals surface area contributed by atoms with E-state index in [1.807, 2.05) is 6.08 Å². The molecule has 0 aromatic carbocycles. The Balaban J connectivity index is 1.04. The van der Waals surface area contributed by atoms with Gasteiger partial charge in [0.1, 0.15) is 42.7 Å². The lowest BCUT2D eigenvalue weighted by molar-refractivity contribution is -0.325. The number of aliphatic hydroxyl groups is 4. The first-order chi connectivity index (χ1) is 25.1. The average Bonchev–Trinajstić information content (AvgIpc) is 3.44. The Labute approximate surface area is 310 Å². The molecule has 2 heterocycles. The number of carbonyl (C=O) groups excluding carboxylic acids is 4. The van der Waals surface area contributed by atoms with E-state index >= 15 is 0 Å². The molecular formula is C38H58N2O13. The van der Waals surface area contributed by atoms with Gasteiger partial charge in [0.2, 0.25) is 5.91 Å². The number of ketones is 1. The van der Waals surface area contributed by atoms with Crippen LogP contribution in [0.25, 0.3) is 0 Å². The van der Waals surface area contributed by atoms with Crippen molar-refractivity contribution >= 4 is 23.6 Å². The Morgan fingerprint density at radius 1 is 0.962 bits per heavy atom. The highest BCUT2D eigenvalue weighted by molar-refractivity contribution is 5.91. The first-order valence-corrected chi connectivity index (χ1v) is 19.2. The van der Waals surface area contributed by atoms with E-state index in [0.29, 0.717) is 24.2 Å². The van der Waals surface area contributed by atoms with Crippen molar-refractivity contribution in [3.63, 3.8) is 0 Å². The third-order valence-electron chi connectivity index (χ3n) is 13.7. The lowest BCUT2D eigenvalue weighted by Crippen LogP contribution is -2.68. The zero-order valence-electron chi connectivity index (χ0n) is 31.4. The minimum atomic E-state index is -1.72. The van der Waals surface area contributed by atoms with Gasteiger partial charge < -0.3 is 54.7 Å². The summed E-state index contributed by atoms with van der Waals surface area (Å²) in [5.41, 5.74) is 1.25. The highest BCUT2D eigenvalue weighted by Crippen LogP contribution is 2.65. The maximum Gasteiger partial charge on any atom is 0.307 e. The molecule has 3 saturated carbocycles. The maximum absolute atomic E-state index is 13.4. The number of hydrogen-bond donors (Lipinski definition) is 6. The predicted octanol–water partition coefficient (Wildman–Crippen LogP) is 0.429. The van der Waals surface area contributed by atoms with Crippen LogP contribution >= 0.6 is 0 Å². The fraction of sp³-hybridized carbons (Fsp3) is 0.842. The van der Waals surface area contributed by atoms with Gasteiger partial charge in [0.25, 0.3) is 5.91 Å². The van der Waals surface area contributed by atoms with Crippen molar-refractivity contribution in [2.24, 2.45) is 28.6 Å². The second kappa shape index (κ2) is 15.9. The van der Waals surface area contributed by atoms with Crippen LogP contribution in [0.3, 0.4) is 0 Å². The molecule has 6 N–H and O–H groups in total. The number of amides is 2. The van der Waals surface area contributed by atoms with Crippen LogP contribution in [-0.4, -0.2) is 132 Å². The second-order valence-corrected chi connectivity index (χ2v) is 16.6. The molecule has 6 rings (SSSR count). The molecule has 53 heavy (non-hydrogen) atoms. The largest absolute Gasteiger partial charge is 0.462 e. The summed E-state index contributed by atoms with van der Waals surface area (Å²) in [6.07, 6.45) is -3.43. The lowest BCUT2D eigenvalue weighted by Gasteiger charge is -2.57. The van der Waals surface area contributed by atoms with Gasteiger partial charge >= 0.3 is 5.97 Å². The van der Waals surface area contributed by atoms with E-state index in [0.717, 1.165) is 44.9 Å². The van der Waals surface area contributed by atoms with Gasteiger partial charge in [-0.3, -0.25) is 19.2 Å². The zero-order valence-corrected chi connectivity index (χ0v) is 31.4. The maximum atomic E-state index is 13.4. The van der Waals surface area contributed by atoms with Crippen LogP contribution < -0.4 is 10.6 Å². The van der Waals surface area contributed by atoms with Crippen molar-refractivity contribution < 1.29 is 63.3 Å². The number of fused-ring (bicyclic) bond motifs is 5. The molecule has 0 spiro atoms. The summed E-state index contributed by atoms with van der Waals surface area (Å²) in [6, 6.07) is -0.927. The second-order valence-electron chi connectivity index (χ2n) is 16.6. The summed E-state index contributed by atoms with van der Waals surface area (Å²) in [5.74, 6) is 0.140. The summed E-state index contributed by atoms with van der Waals surface area (Å²) in [6.45, 7) is 6.84. The van der Waals surface area contributed by atoms with E-state index in [-0.39, 0.29) is 35.7 Å². The molecule has 298 valence electrons. The van der Waals surface area contributed by atoms with Crippen LogP contribution in [0.15, 0.2) is 11.6 Å². The summed E-state index contributed by atoms with van der Waals surface area (Å²) in [7, 11) is 1.24. The van der Waals surface area contributed by atoms with E-state index in [2.05, 4.69) is 24.5 Å². The Morgan fingerprint density at radius 2 is 1.72 bits per heavy atom. The highest BCUT2D eigenvalue weighted by Gasteiger charge is 2.60. The summed E-state index contributed by atoms with van der Waals surface area (Å²) < 4.78 is 28.8. The predicted molar refractivity (Wildman–Crippen MR) is 186 cm³/mol. The number of allylic oxidation sites excluding steroid dienone is 1. The normalized spacial score (nSPS) is 45.2. The van der Waals surface area contributed by atoms with Crippen LogP contribution in [0.5, 0.6) is 0 Å². The quantitative estimate of drug-likeness (QED) is 0.167. The van der Waals surface area contributed by atoms with Crippen LogP contribution in [0, 0.1) is 28.6 Å². The topological polar surface area (TPSA) is 219 Å². The van der Waals surface area contributed by atoms with Crippen molar-refractivity contribution in [1.82, 2.24) is 10.6 Å². The SMILES string of the molecule is COC1C(C(=O)NCCC(=O)O[C@H]2CC[C@H]3[C@@H]4CCC5=CC(=O)CC[C@]5(C)[C@H]4CC[C@]23C)OC(OC2C(O)C(CO)OC(C)C2NC(C)=O)C(O)C1O. The summed E-state index contributed by atoms with van der Waals surface area (Å²) >= 11 is 0. The first kappa shape index (κ1) is 40.2. The molecule has 15 nitrogen and oxygen atoms in total. The van der Waals surface area contributed by atoms with Crippen LogP contribution in [0.2, 0.25) is 0 Å². The molecule has 6 aliphatic rings. The molecule has 0 radical (unpaired) electrons. The molecule has 2 saturated heterocycles. The molecule has 16 atom stereocenters. The van der Waals surface area contributed by atoms with Crippen LogP contribution in [-0.2, 0) is 42.9 Å². The van der Waals surface area contributed by atoms with E-state index in [1.165, 1.54) is 19.6 Å². The number of carbonyl (C=O) groups is 4. The minimum Gasteiger partial charge on any atom is -0.462 e. The minimum absolute atomic E-state index is 0.0675. The van der Waals surface area contributed by atoms with E-state index in [1.54, 1.807) is 6.92 Å². The smallest absolute Gasteiger partial charge is 0.307 e. The standard InChI is InChI=1S/C38H58N2O13/c1-18-28(40-19(2)42)32(29(45)25(17-41)50-18)52-36-31(47)30(46)33(49-5)34(53-36)35(48)39-15-12-27(44)51-26-9-8-23-22-7-6-20-16-21(43)10-13-37(20,3)24(22)11-14-38(23,26)4/h16,18,22-26,28-34,36,41,45-47H,6-15,17H2,1-5H3,(H,39,48)(H,40,42)/t18?,22-,23-,24-,25?,26-,28?,29?,30?,31?,32?,33?,34?,36?,37-,38-/m0/s1. The molecule has 5 fully saturated rings. The molecule has 0 aromatic rings. The Bertz CT molecular complexity index is 1430. The summed E-state index contributed by atoms with van der Waals surface area (Å²) in [4.78, 5) is 50.7. The van der Waals surface area contributed by atoms with Crippen LogP contribution in [0.4, 0.5) is 0 Å². The van der Waals surface area contributed by atoms with Crippen LogP contribution in [0.1, 0.15) is 85.5 Å². The third kappa shape index (κ3) is 7.57. The van der Waals surface area contributed by atoms with Gasteiger partial charge in [-0.2, -0.15) is 0 Å². The first-order valence-electron chi connectivity index (χ1n) is 19.2. The number of nitrogens with one attached hydrogen (secondary N) is 2. The van der Waals surface area contributed by atoms with Crippen molar-refractivity contribution in [1.29, 1.82) is 0 Å². The van der Waals surface area contributed by atoms with Gasteiger partial charge in [-0.15, -0.1) is 0 Å². The Kier molecular flexibility index (Phi) is 12.1. The van der Waals surface area contributed by atoms with Gasteiger partial charge in [0.05, 0.1) is 25.2 Å². The number of rotatable bonds is 10. The number of esters is 1. The van der Waals surface area contributed by atoms with Crippen molar-refractivity contribution in [2.45, 2.75) is 153 Å². The molecule has 2 aliphatic heterocycles. The molecule has 4 aliphatic carbocycles. The third-order valence-corrected chi connectivity index (χ3v) is 13.7. The molecular weight excluding hydrogens is 692 g/mol. The van der Waals surface area contributed by atoms with Crippen molar-refractivity contribution in [3.05, 3.63) is 11.6 Å². The van der Waals surface area contributed by atoms with Gasteiger partial charge in [0.15, 0.2) is 18.2 Å². The molecule has 0 bridgehead atoms. The lowest BCUT2D eigenvalue weighted by atomic mass is 9.47. The molecule has 2 amide bonds. The number of aliphatic hydroxyl groups excluding tert-OH is 4. The molecule has 10 unspecified atom stereocenters. The van der Waals surface area contributed by atoms with Gasteiger partial charge in [-0.25, -0.2) is 0 Å². The average molecular weight is 751 g/mol. The van der Waals surface area contributed by atoms with Crippen molar-refractivity contribution in [3.8, 4) is 0 Å². The number of ether oxygens (including phenoxy) is 5. The van der Waals surface area contributed by atoms with Crippen molar-refractivity contribution in [2.75, 3.05) is 20.3 Å². The fourth-order valence-corrected chi connectivity index (χ4v) is 10.8. The van der Waals surface area contributed by atoms with Gasteiger partial charge in [-0.1, -0.05) is 19.4 Å². The molecule has 15 heteroatoms. The Hall–Kier alpha value is -2.50. The van der Waals surface area contributed by atoms with Gasteiger partial charge in [0, 0.05) is 32.4 Å². The zero-order chi connectivity index (χ0) is 38.4. The molecule has 0 aromatic heterocycles. The fourth-order valence-electron chi connectivity index (χ4n) is 10.8. The van der Waals surface area contributed by atoms with E-state index in [4.69, 9.17) is 23.7 Å². The summed E-state index contributed by atoms with van der Waals surface area (Å²) in [5, 5.41) is 47.8. The highest BCUT2D eigenvalue weighted by atomic mass is 16.7.